The third-order valence-corrected chi connectivity index (χ3v) is 3.58. The van der Waals surface area contributed by atoms with Crippen molar-refractivity contribution in [2.75, 3.05) is 18.9 Å². The van der Waals surface area contributed by atoms with Crippen LogP contribution in [0.1, 0.15) is 16.1 Å². The van der Waals surface area contributed by atoms with E-state index in [1.807, 2.05) is 31.2 Å². The van der Waals surface area contributed by atoms with Crippen LogP contribution in [-0.4, -0.2) is 45.3 Å². The van der Waals surface area contributed by atoms with Crippen LogP contribution in [0, 0.1) is 6.92 Å². The second-order valence-electron chi connectivity index (χ2n) is 5.67. The average molecular weight is 335 g/mol. The van der Waals surface area contributed by atoms with Crippen LogP contribution >= 0.6 is 0 Å². The summed E-state index contributed by atoms with van der Waals surface area (Å²) in [6, 6.07) is 10.9. The van der Waals surface area contributed by atoms with Gasteiger partial charge in [-0.2, -0.15) is 0 Å². The fourth-order valence-electron chi connectivity index (χ4n) is 2.33. The highest BCUT2D eigenvalue weighted by molar-refractivity contribution is 5.98. The van der Waals surface area contributed by atoms with Crippen molar-refractivity contribution in [3.63, 3.8) is 0 Å². The number of nitrogens with zero attached hydrogens (tertiary/aromatic N) is 4. The molecule has 2 heterocycles. The molecule has 1 aromatic carbocycles. The number of fused-ring (bicyclic) bond motifs is 1. The predicted molar refractivity (Wildman–Crippen MR) is 94.1 cm³/mol. The number of benzene rings is 1. The lowest BCUT2D eigenvalue weighted by Crippen LogP contribution is -2.35. The lowest BCUT2D eigenvalue weighted by Gasteiger charge is -2.16. The maximum Gasteiger partial charge on any atom is 0.274 e. The van der Waals surface area contributed by atoms with Gasteiger partial charge in [-0.05, 0) is 36.8 Å². The molecule has 2 amide bonds. The van der Waals surface area contributed by atoms with Gasteiger partial charge >= 0.3 is 0 Å². The van der Waals surface area contributed by atoms with Crippen molar-refractivity contribution < 1.29 is 9.59 Å². The van der Waals surface area contributed by atoms with E-state index in [9.17, 15) is 9.59 Å². The largest absolute Gasteiger partial charge is 0.331 e. The SMILES string of the molecule is Cc1ccnc(NC(=O)CN(C)C(=O)c2cnc3ccccc3n2)c1. The van der Waals surface area contributed by atoms with E-state index in [1.54, 1.807) is 25.4 Å². The van der Waals surface area contributed by atoms with Crippen molar-refractivity contribution >= 4 is 28.7 Å². The van der Waals surface area contributed by atoms with E-state index < -0.39 is 0 Å². The smallest absolute Gasteiger partial charge is 0.274 e. The number of aromatic nitrogens is 3. The van der Waals surface area contributed by atoms with E-state index in [0.29, 0.717) is 16.9 Å². The number of anilines is 1. The van der Waals surface area contributed by atoms with Crippen molar-refractivity contribution in [1.29, 1.82) is 0 Å². The maximum absolute atomic E-state index is 12.5. The van der Waals surface area contributed by atoms with Crippen molar-refractivity contribution in [2.45, 2.75) is 6.92 Å². The molecule has 25 heavy (non-hydrogen) atoms. The summed E-state index contributed by atoms with van der Waals surface area (Å²) in [4.78, 5) is 38.4. The van der Waals surface area contributed by atoms with Gasteiger partial charge in [0, 0.05) is 13.2 Å². The molecule has 0 spiro atoms. The van der Waals surface area contributed by atoms with Gasteiger partial charge in [0.25, 0.3) is 5.91 Å². The number of hydrogen-bond donors (Lipinski definition) is 1. The van der Waals surface area contributed by atoms with Gasteiger partial charge < -0.3 is 10.2 Å². The van der Waals surface area contributed by atoms with Crippen LogP contribution < -0.4 is 5.32 Å². The van der Waals surface area contributed by atoms with Crippen LogP contribution in [0.4, 0.5) is 5.82 Å². The van der Waals surface area contributed by atoms with E-state index in [2.05, 4.69) is 20.3 Å². The van der Waals surface area contributed by atoms with Crippen LogP contribution in [0.25, 0.3) is 11.0 Å². The van der Waals surface area contributed by atoms with E-state index in [1.165, 1.54) is 11.1 Å². The average Bonchev–Trinajstić information content (AvgIpc) is 2.60. The summed E-state index contributed by atoms with van der Waals surface area (Å²) in [6.07, 6.45) is 3.03. The molecule has 0 fully saturated rings. The number of nitrogens with one attached hydrogen (secondary N) is 1. The van der Waals surface area contributed by atoms with Gasteiger partial charge in [-0.3, -0.25) is 14.6 Å². The molecule has 0 bridgehead atoms. The monoisotopic (exact) mass is 335 g/mol. The summed E-state index contributed by atoms with van der Waals surface area (Å²) in [5.74, 6) is -0.246. The number of likely N-dealkylation sites (N-methyl/N-ethyl adjacent to an activating group) is 1. The van der Waals surface area contributed by atoms with E-state index >= 15 is 0 Å². The van der Waals surface area contributed by atoms with Crippen LogP contribution in [0.15, 0.2) is 48.8 Å². The predicted octanol–water partition coefficient (Wildman–Crippen LogP) is 2.04. The second kappa shape index (κ2) is 7.04. The highest BCUT2D eigenvalue weighted by Gasteiger charge is 2.17. The Bertz CT molecular complexity index is 941. The van der Waals surface area contributed by atoms with Crippen molar-refractivity contribution in [2.24, 2.45) is 0 Å². The fourth-order valence-corrected chi connectivity index (χ4v) is 2.33. The standard InChI is InChI=1S/C18H17N5O2/c1-12-7-8-19-16(9-12)22-17(24)11-23(2)18(25)15-10-20-13-5-3-4-6-14(13)21-15/h3-10H,11H2,1-2H3,(H,19,22,24). The van der Waals surface area contributed by atoms with E-state index in [0.717, 1.165) is 5.56 Å². The molecular formula is C18H17N5O2. The molecule has 0 aliphatic carbocycles. The van der Waals surface area contributed by atoms with Crippen LogP contribution in [0.5, 0.6) is 0 Å². The molecule has 1 N–H and O–H groups in total. The first kappa shape index (κ1) is 16.5. The Labute approximate surface area is 144 Å². The highest BCUT2D eigenvalue weighted by Crippen LogP contribution is 2.10. The van der Waals surface area contributed by atoms with Crippen molar-refractivity contribution in [3.8, 4) is 0 Å². The van der Waals surface area contributed by atoms with Gasteiger partial charge in [0.1, 0.15) is 11.5 Å². The minimum atomic E-state index is -0.370. The van der Waals surface area contributed by atoms with Crippen LogP contribution in [0.2, 0.25) is 0 Å². The topological polar surface area (TPSA) is 88.1 Å². The molecule has 0 saturated carbocycles. The Kier molecular flexibility index (Phi) is 4.65. The Balaban J connectivity index is 1.67. The number of carbonyl (C=O) groups is 2. The highest BCUT2D eigenvalue weighted by atomic mass is 16.2. The van der Waals surface area contributed by atoms with Crippen LogP contribution in [-0.2, 0) is 4.79 Å². The van der Waals surface area contributed by atoms with Gasteiger partial charge in [0.2, 0.25) is 5.91 Å². The zero-order chi connectivity index (χ0) is 17.8. The number of pyridine rings is 1. The molecule has 7 nitrogen and oxygen atoms in total. The number of para-hydroxylation sites is 2. The number of rotatable bonds is 4. The second-order valence-corrected chi connectivity index (χ2v) is 5.67. The summed E-state index contributed by atoms with van der Waals surface area (Å²) < 4.78 is 0. The Hall–Kier alpha value is -3.35. The molecule has 3 aromatic rings. The molecule has 0 atom stereocenters. The van der Waals surface area contributed by atoms with Gasteiger partial charge in [0.15, 0.2) is 0 Å². The summed E-state index contributed by atoms with van der Waals surface area (Å²) in [5.41, 5.74) is 2.53. The molecule has 0 unspecified atom stereocenters. The quantitative estimate of drug-likeness (QED) is 0.788. The summed E-state index contributed by atoms with van der Waals surface area (Å²) in [7, 11) is 1.54. The fraction of sp³-hybridized carbons (Fsp3) is 0.167. The maximum atomic E-state index is 12.5. The molecule has 0 aliphatic heterocycles. The number of carbonyl (C=O) groups excluding carboxylic acids is 2. The van der Waals surface area contributed by atoms with Gasteiger partial charge in [-0.25, -0.2) is 9.97 Å². The number of aryl methyl sites for hydroxylation is 1. The van der Waals surface area contributed by atoms with Gasteiger partial charge in [-0.15, -0.1) is 0 Å². The third kappa shape index (κ3) is 3.95. The summed E-state index contributed by atoms with van der Waals surface area (Å²) >= 11 is 0. The molecule has 0 saturated heterocycles. The first-order chi connectivity index (χ1) is 12.0. The molecular weight excluding hydrogens is 318 g/mol. The molecule has 126 valence electrons. The van der Waals surface area contributed by atoms with Crippen molar-refractivity contribution in [1.82, 2.24) is 19.9 Å². The molecule has 0 radical (unpaired) electrons. The Morgan fingerprint density at radius 1 is 1.12 bits per heavy atom. The molecule has 0 aliphatic rings. The Morgan fingerprint density at radius 3 is 2.64 bits per heavy atom. The minimum Gasteiger partial charge on any atom is -0.331 e. The van der Waals surface area contributed by atoms with Gasteiger partial charge in [0.05, 0.1) is 23.8 Å². The molecule has 3 rings (SSSR count). The zero-order valence-corrected chi connectivity index (χ0v) is 13.9. The number of hydrogen-bond acceptors (Lipinski definition) is 5. The lowest BCUT2D eigenvalue weighted by atomic mass is 10.3. The zero-order valence-electron chi connectivity index (χ0n) is 13.9. The minimum absolute atomic E-state index is 0.108. The third-order valence-electron chi connectivity index (χ3n) is 3.58. The van der Waals surface area contributed by atoms with E-state index in [-0.39, 0.29) is 24.1 Å². The van der Waals surface area contributed by atoms with Crippen molar-refractivity contribution in [3.05, 3.63) is 60.0 Å². The van der Waals surface area contributed by atoms with Crippen LogP contribution in [0.3, 0.4) is 0 Å². The molecule has 2 aromatic heterocycles. The number of amides is 2. The Morgan fingerprint density at radius 2 is 1.88 bits per heavy atom. The first-order valence-corrected chi connectivity index (χ1v) is 7.73. The first-order valence-electron chi connectivity index (χ1n) is 7.73. The molecule has 7 heteroatoms. The normalized spacial score (nSPS) is 10.5. The summed E-state index contributed by atoms with van der Waals surface area (Å²) in [6.45, 7) is 1.80. The van der Waals surface area contributed by atoms with E-state index in [4.69, 9.17) is 0 Å². The van der Waals surface area contributed by atoms with Gasteiger partial charge in [-0.1, -0.05) is 12.1 Å². The summed E-state index contributed by atoms with van der Waals surface area (Å²) in [5, 5.41) is 2.67. The lowest BCUT2D eigenvalue weighted by molar-refractivity contribution is -0.116.